The highest BCUT2D eigenvalue weighted by Crippen LogP contribution is 2.63. The molecule has 0 saturated carbocycles. The van der Waals surface area contributed by atoms with Crippen molar-refractivity contribution >= 4 is 39.4 Å². The van der Waals surface area contributed by atoms with Crippen molar-refractivity contribution in [1.29, 1.82) is 5.41 Å². The van der Waals surface area contributed by atoms with E-state index in [1.807, 2.05) is 35.7 Å². The van der Waals surface area contributed by atoms with E-state index in [1.165, 1.54) is 22.3 Å². The van der Waals surface area contributed by atoms with Gasteiger partial charge in [0.2, 0.25) is 5.91 Å². The molecule has 186 valence electrons. The number of nitrogens with zero attached hydrogens (tertiary/aromatic N) is 1. The van der Waals surface area contributed by atoms with Crippen molar-refractivity contribution in [3.05, 3.63) is 118 Å². The molecule has 4 aromatic carbocycles. The van der Waals surface area contributed by atoms with E-state index < -0.39 is 10.8 Å². The maximum absolute atomic E-state index is 14.1. The second-order valence-corrected chi connectivity index (χ2v) is 11.6. The number of thiazole rings is 1. The summed E-state index contributed by atoms with van der Waals surface area (Å²) in [6.07, 6.45) is 2.10. The highest BCUT2D eigenvalue weighted by molar-refractivity contribution is 7.14. The number of nitrogens with one attached hydrogen (secondary N) is 2. The van der Waals surface area contributed by atoms with Crippen LogP contribution in [0.5, 0.6) is 0 Å². The first-order valence-corrected chi connectivity index (χ1v) is 13.8. The van der Waals surface area contributed by atoms with Gasteiger partial charge in [-0.25, -0.2) is 4.98 Å². The van der Waals surface area contributed by atoms with E-state index in [0.29, 0.717) is 11.6 Å². The maximum Gasteiger partial charge on any atom is 0.233 e. The van der Waals surface area contributed by atoms with Crippen molar-refractivity contribution in [2.24, 2.45) is 5.41 Å². The van der Waals surface area contributed by atoms with Crippen LogP contribution in [0.2, 0.25) is 0 Å². The summed E-state index contributed by atoms with van der Waals surface area (Å²) in [4.78, 5) is 19.0. The van der Waals surface area contributed by atoms with E-state index in [9.17, 15) is 4.79 Å². The summed E-state index contributed by atoms with van der Waals surface area (Å²) in [5, 5.41) is 16.8. The van der Waals surface area contributed by atoms with Gasteiger partial charge in [-0.15, -0.1) is 11.3 Å². The molecule has 0 radical (unpaired) electrons. The number of carbonyl (C=O) groups excluding carboxylic acids is 1. The molecule has 5 heteroatoms. The quantitative estimate of drug-likeness (QED) is 0.242. The molecule has 1 heterocycles. The number of carbonyl (C=O) groups is 1. The molecule has 5 aromatic rings. The predicted molar refractivity (Wildman–Crippen MR) is 155 cm³/mol. The van der Waals surface area contributed by atoms with Crippen LogP contribution in [-0.2, 0) is 10.2 Å². The summed E-state index contributed by atoms with van der Waals surface area (Å²) in [6, 6.07) is 29.3. The van der Waals surface area contributed by atoms with Crippen LogP contribution in [0.15, 0.2) is 90.3 Å². The monoisotopic (exact) mass is 513 g/mol. The molecular weight excluding hydrogens is 486 g/mol. The Balaban J connectivity index is 1.28. The van der Waals surface area contributed by atoms with Crippen LogP contribution in [0.4, 0.5) is 5.13 Å². The summed E-state index contributed by atoms with van der Waals surface area (Å²) in [5.74, 6) is -0.135. The number of aromatic nitrogens is 1. The second-order valence-electron chi connectivity index (χ2n) is 10.8. The molecule has 3 aliphatic rings. The van der Waals surface area contributed by atoms with Gasteiger partial charge in [-0.05, 0) is 58.9 Å². The molecule has 0 spiro atoms. The Morgan fingerprint density at radius 2 is 1.58 bits per heavy atom. The highest BCUT2D eigenvalue weighted by Gasteiger charge is 2.59. The van der Waals surface area contributed by atoms with Gasteiger partial charge in [-0.1, -0.05) is 84.9 Å². The lowest BCUT2D eigenvalue weighted by Crippen LogP contribution is -2.54. The molecule has 0 fully saturated rings. The summed E-state index contributed by atoms with van der Waals surface area (Å²) in [7, 11) is 0. The first-order chi connectivity index (χ1) is 18.5. The molecule has 3 aliphatic carbocycles. The molecule has 0 aliphatic heterocycles. The third-order valence-electron chi connectivity index (χ3n) is 8.70. The zero-order valence-corrected chi connectivity index (χ0v) is 22.1. The van der Waals surface area contributed by atoms with Crippen LogP contribution in [-0.4, -0.2) is 17.1 Å². The van der Waals surface area contributed by atoms with Gasteiger partial charge in [0.05, 0.1) is 16.5 Å². The molecule has 1 amide bonds. The molecule has 4 nitrogen and oxygen atoms in total. The second kappa shape index (κ2) is 8.20. The van der Waals surface area contributed by atoms with Gasteiger partial charge in [0, 0.05) is 23.1 Å². The topological polar surface area (TPSA) is 65.8 Å². The SMILES string of the molecule is Cc1ccc(-c2csc(NC(=O)C3(C)CC4(C=N)c5ccccc5C3c3ccccc34)n2)c2ccccc12. The summed E-state index contributed by atoms with van der Waals surface area (Å²) >= 11 is 1.46. The van der Waals surface area contributed by atoms with Gasteiger partial charge in [-0.3, -0.25) is 4.79 Å². The predicted octanol–water partition coefficient (Wildman–Crippen LogP) is 7.70. The first-order valence-electron chi connectivity index (χ1n) is 12.9. The third-order valence-corrected chi connectivity index (χ3v) is 9.45. The minimum atomic E-state index is -0.733. The number of rotatable bonds is 4. The standard InChI is InChI=1S/C33H27N3OS/c1-20-15-16-23(22-10-4-3-9-21(20)22)28-17-38-31(35-28)36-30(37)32(2)18-33(19-34)26-13-7-5-11-24(26)29(32)25-12-6-8-14-27(25)33/h3-17,19,29,34H,18H2,1-2H3,(H,35,36,37). The number of benzene rings is 4. The van der Waals surface area contributed by atoms with Crippen molar-refractivity contribution in [3.8, 4) is 11.3 Å². The van der Waals surface area contributed by atoms with E-state index >= 15 is 0 Å². The molecule has 8 rings (SSSR count). The summed E-state index contributed by atoms with van der Waals surface area (Å²) in [6.45, 7) is 4.17. The average molecular weight is 514 g/mol. The van der Waals surface area contributed by atoms with Crippen LogP contribution in [0.3, 0.4) is 0 Å². The minimum Gasteiger partial charge on any atom is -0.312 e. The normalized spacial score (nSPS) is 23.1. The highest BCUT2D eigenvalue weighted by atomic mass is 32.1. The van der Waals surface area contributed by atoms with E-state index in [1.54, 1.807) is 6.21 Å². The fraction of sp³-hybridized carbons (Fsp3) is 0.182. The lowest BCUT2D eigenvalue weighted by Gasteiger charge is -2.55. The Labute approximate surface area is 225 Å². The molecular formula is C33H27N3OS. The Morgan fingerprint density at radius 1 is 0.947 bits per heavy atom. The maximum atomic E-state index is 14.1. The summed E-state index contributed by atoms with van der Waals surface area (Å²) in [5.41, 5.74) is 6.38. The third kappa shape index (κ3) is 3.05. The van der Waals surface area contributed by atoms with E-state index in [2.05, 4.69) is 73.8 Å². The van der Waals surface area contributed by atoms with Gasteiger partial charge in [0.1, 0.15) is 0 Å². The molecule has 1 atom stereocenters. The summed E-state index contributed by atoms with van der Waals surface area (Å²) < 4.78 is 0. The Morgan fingerprint density at radius 3 is 2.26 bits per heavy atom. The van der Waals surface area contributed by atoms with Crippen molar-refractivity contribution < 1.29 is 4.79 Å². The first kappa shape index (κ1) is 23.1. The van der Waals surface area contributed by atoms with Gasteiger partial charge >= 0.3 is 0 Å². The fourth-order valence-electron chi connectivity index (χ4n) is 6.97. The smallest absolute Gasteiger partial charge is 0.233 e. The van der Waals surface area contributed by atoms with Crippen molar-refractivity contribution in [3.63, 3.8) is 0 Å². The van der Waals surface area contributed by atoms with Crippen molar-refractivity contribution in [2.45, 2.75) is 31.6 Å². The molecule has 38 heavy (non-hydrogen) atoms. The van der Waals surface area contributed by atoms with E-state index in [4.69, 9.17) is 10.4 Å². The van der Waals surface area contributed by atoms with Crippen molar-refractivity contribution in [1.82, 2.24) is 4.98 Å². The van der Waals surface area contributed by atoms with E-state index in [0.717, 1.165) is 38.9 Å². The molecule has 0 saturated heterocycles. The fourth-order valence-corrected chi connectivity index (χ4v) is 7.67. The van der Waals surface area contributed by atoms with Crippen LogP contribution in [0, 0.1) is 17.7 Å². The number of fused-ring (bicyclic) bond motifs is 2. The van der Waals surface area contributed by atoms with Crippen LogP contribution in [0.1, 0.15) is 47.1 Å². The van der Waals surface area contributed by atoms with Crippen LogP contribution < -0.4 is 5.32 Å². The lowest BCUT2D eigenvalue weighted by atomic mass is 9.46. The molecule has 2 bridgehead atoms. The number of amides is 1. The largest absolute Gasteiger partial charge is 0.312 e. The van der Waals surface area contributed by atoms with Crippen LogP contribution >= 0.6 is 11.3 Å². The number of hydrogen-bond donors (Lipinski definition) is 2. The van der Waals surface area contributed by atoms with E-state index in [-0.39, 0.29) is 11.8 Å². The molecule has 2 N–H and O–H groups in total. The van der Waals surface area contributed by atoms with Gasteiger partial charge in [0.25, 0.3) is 0 Å². The number of aryl methyl sites for hydroxylation is 1. The number of hydrogen-bond acceptors (Lipinski definition) is 4. The van der Waals surface area contributed by atoms with Crippen molar-refractivity contribution in [2.75, 3.05) is 5.32 Å². The zero-order valence-electron chi connectivity index (χ0n) is 21.3. The molecule has 1 aromatic heterocycles. The molecule has 1 unspecified atom stereocenters. The van der Waals surface area contributed by atoms with Gasteiger partial charge in [-0.2, -0.15) is 0 Å². The van der Waals surface area contributed by atoms with Gasteiger partial charge in [0.15, 0.2) is 5.13 Å². The Kier molecular flexibility index (Phi) is 4.98. The van der Waals surface area contributed by atoms with Gasteiger partial charge < -0.3 is 10.7 Å². The minimum absolute atomic E-state index is 0.0487. The average Bonchev–Trinajstić information content (AvgIpc) is 3.41. The Bertz CT molecular complexity index is 1720. The Hall–Kier alpha value is -4.09. The number of anilines is 1. The van der Waals surface area contributed by atoms with Crippen LogP contribution in [0.25, 0.3) is 22.0 Å². The zero-order chi connectivity index (χ0) is 26.1. The lowest BCUT2D eigenvalue weighted by molar-refractivity contribution is -0.127.